The number of halogens is 1. The summed E-state index contributed by atoms with van der Waals surface area (Å²) in [5.74, 6) is -1.04. The lowest BCUT2D eigenvalue weighted by Crippen LogP contribution is -2.45. The van der Waals surface area contributed by atoms with Crippen molar-refractivity contribution in [1.29, 1.82) is 0 Å². The Morgan fingerprint density at radius 1 is 1.28 bits per heavy atom. The van der Waals surface area contributed by atoms with E-state index in [0.29, 0.717) is 0 Å². The molecule has 0 radical (unpaired) electrons. The number of carbonyl (C=O) groups excluding carboxylic acids is 1. The van der Waals surface area contributed by atoms with E-state index in [0.717, 1.165) is 30.4 Å². The number of ether oxygens (including phenoxy) is 1. The smallest absolute Gasteiger partial charge is 0.411 e. The van der Waals surface area contributed by atoms with Crippen molar-refractivity contribution in [1.82, 2.24) is 4.90 Å². The van der Waals surface area contributed by atoms with E-state index in [1.807, 2.05) is 25.7 Å². The fourth-order valence-corrected chi connectivity index (χ4v) is 3.79. The molecule has 2 aliphatic heterocycles. The molecular weight excluding hydrogens is 342 g/mol. The quantitative estimate of drug-likeness (QED) is 0.834. The Morgan fingerprint density at radius 2 is 2.00 bits per heavy atom. The number of amides is 1. The highest BCUT2D eigenvalue weighted by atomic mass is 35.5. The summed E-state index contributed by atoms with van der Waals surface area (Å²) < 4.78 is 5.53. The van der Waals surface area contributed by atoms with Crippen LogP contribution in [0.2, 0.25) is 5.02 Å². The highest BCUT2D eigenvalue weighted by molar-refractivity contribution is 6.33. The van der Waals surface area contributed by atoms with Crippen molar-refractivity contribution in [3.05, 3.63) is 40.4 Å². The minimum absolute atomic E-state index is 0.0153. The number of benzene rings is 1. The van der Waals surface area contributed by atoms with Crippen LogP contribution in [0.5, 0.6) is 0 Å². The molecule has 0 aromatic heterocycles. The maximum atomic E-state index is 12.5. The Labute approximate surface area is 152 Å². The molecule has 1 fully saturated rings. The molecule has 2 heterocycles. The molecule has 0 spiro atoms. The van der Waals surface area contributed by atoms with Gasteiger partial charge in [-0.15, -0.1) is 0 Å². The number of fused-ring (bicyclic) bond motifs is 2. The second-order valence-corrected chi connectivity index (χ2v) is 7.99. The number of rotatable bonds is 2. The van der Waals surface area contributed by atoms with Gasteiger partial charge in [-0.3, -0.25) is 4.90 Å². The van der Waals surface area contributed by atoms with E-state index < -0.39 is 11.6 Å². The van der Waals surface area contributed by atoms with Gasteiger partial charge in [0.2, 0.25) is 0 Å². The van der Waals surface area contributed by atoms with E-state index >= 15 is 0 Å². The van der Waals surface area contributed by atoms with E-state index in [1.54, 1.807) is 12.1 Å². The van der Waals surface area contributed by atoms with E-state index in [1.165, 1.54) is 6.07 Å². The topological polar surface area (TPSA) is 66.8 Å². The summed E-state index contributed by atoms with van der Waals surface area (Å²) in [6.07, 6.45) is 4.38. The Balaban J connectivity index is 1.83. The molecule has 1 saturated heterocycles. The summed E-state index contributed by atoms with van der Waals surface area (Å²) in [4.78, 5) is 25.4. The van der Waals surface area contributed by atoms with Gasteiger partial charge in [0.25, 0.3) is 0 Å². The molecule has 6 heteroatoms. The lowest BCUT2D eigenvalue weighted by Gasteiger charge is -2.35. The van der Waals surface area contributed by atoms with Gasteiger partial charge in [-0.1, -0.05) is 23.7 Å². The Kier molecular flexibility index (Phi) is 4.54. The van der Waals surface area contributed by atoms with E-state index in [9.17, 15) is 9.59 Å². The van der Waals surface area contributed by atoms with Crippen molar-refractivity contribution < 1.29 is 19.4 Å². The van der Waals surface area contributed by atoms with Gasteiger partial charge in [0.05, 0.1) is 16.6 Å². The predicted octanol–water partition coefficient (Wildman–Crippen LogP) is 4.59. The molecule has 3 rings (SSSR count). The van der Waals surface area contributed by atoms with Gasteiger partial charge in [0.1, 0.15) is 5.60 Å². The van der Waals surface area contributed by atoms with Crippen molar-refractivity contribution in [3.8, 4) is 0 Å². The predicted molar refractivity (Wildman–Crippen MR) is 95.9 cm³/mol. The Bertz CT molecular complexity index is 750. The molecule has 2 bridgehead atoms. The van der Waals surface area contributed by atoms with Crippen LogP contribution in [0.1, 0.15) is 56.0 Å². The van der Waals surface area contributed by atoms with E-state index in [4.69, 9.17) is 21.4 Å². The van der Waals surface area contributed by atoms with Crippen LogP contribution in [0.4, 0.5) is 4.79 Å². The first-order chi connectivity index (χ1) is 11.7. The fraction of sp³-hybridized carbons (Fsp3) is 0.474. The zero-order chi connectivity index (χ0) is 18.4. The van der Waals surface area contributed by atoms with Gasteiger partial charge in [-0.05, 0) is 63.3 Å². The first-order valence-corrected chi connectivity index (χ1v) is 8.79. The molecule has 2 aliphatic rings. The molecule has 5 nitrogen and oxygen atoms in total. The summed E-state index contributed by atoms with van der Waals surface area (Å²) >= 11 is 6.09. The molecule has 1 N–H and O–H groups in total. The SMILES string of the molecule is CC(C)(C)OC(=O)N1C2C=C(c3ccc(C(=O)O)c(Cl)c3)CC1CC2. The first-order valence-electron chi connectivity index (χ1n) is 8.41. The van der Waals surface area contributed by atoms with Gasteiger partial charge < -0.3 is 9.84 Å². The molecule has 134 valence electrons. The zero-order valence-electron chi connectivity index (χ0n) is 14.6. The minimum Gasteiger partial charge on any atom is -0.478 e. The van der Waals surface area contributed by atoms with E-state index in [-0.39, 0.29) is 28.8 Å². The van der Waals surface area contributed by atoms with Crippen molar-refractivity contribution >= 4 is 29.2 Å². The number of carbonyl (C=O) groups is 2. The van der Waals surface area contributed by atoms with E-state index in [2.05, 4.69) is 6.08 Å². The molecule has 1 aromatic rings. The van der Waals surface area contributed by atoms with Gasteiger partial charge in [-0.25, -0.2) is 9.59 Å². The van der Waals surface area contributed by atoms with Crippen LogP contribution in [0.15, 0.2) is 24.3 Å². The number of nitrogens with zero attached hydrogens (tertiary/aromatic N) is 1. The van der Waals surface area contributed by atoms with Crippen LogP contribution in [-0.4, -0.2) is 39.8 Å². The molecule has 1 aromatic carbocycles. The van der Waals surface area contributed by atoms with Crippen LogP contribution in [0.3, 0.4) is 0 Å². The van der Waals surface area contributed by atoms with Gasteiger partial charge >= 0.3 is 12.1 Å². The second kappa shape index (κ2) is 6.37. The summed E-state index contributed by atoms with van der Waals surface area (Å²) in [5, 5.41) is 9.32. The van der Waals surface area contributed by atoms with Crippen LogP contribution in [-0.2, 0) is 4.74 Å². The summed E-state index contributed by atoms with van der Waals surface area (Å²) in [6.45, 7) is 5.60. The van der Waals surface area contributed by atoms with Crippen molar-refractivity contribution in [2.75, 3.05) is 0 Å². The van der Waals surface area contributed by atoms with Crippen LogP contribution in [0, 0.1) is 0 Å². The summed E-state index contributed by atoms with van der Waals surface area (Å²) in [6, 6.07) is 5.13. The van der Waals surface area contributed by atoms with Crippen molar-refractivity contribution in [3.63, 3.8) is 0 Å². The van der Waals surface area contributed by atoms with Crippen molar-refractivity contribution in [2.45, 2.75) is 57.7 Å². The lowest BCUT2D eigenvalue weighted by atomic mass is 9.94. The number of hydrogen-bond acceptors (Lipinski definition) is 3. The molecule has 0 saturated carbocycles. The first kappa shape index (κ1) is 17.8. The summed E-state index contributed by atoms with van der Waals surface area (Å²) in [5.41, 5.74) is 1.60. The minimum atomic E-state index is -1.04. The molecule has 0 aliphatic carbocycles. The molecule has 2 unspecified atom stereocenters. The monoisotopic (exact) mass is 363 g/mol. The van der Waals surface area contributed by atoms with Gasteiger partial charge in [0, 0.05) is 6.04 Å². The highest BCUT2D eigenvalue weighted by Crippen LogP contribution is 2.40. The third-order valence-electron chi connectivity index (χ3n) is 4.57. The maximum Gasteiger partial charge on any atom is 0.411 e. The number of carboxylic acid groups (broad SMARTS) is 1. The van der Waals surface area contributed by atoms with Gasteiger partial charge in [-0.2, -0.15) is 0 Å². The van der Waals surface area contributed by atoms with Crippen LogP contribution in [0.25, 0.3) is 5.57 Å². The van der Waals surface area contributed by atoms with Crippen molar-refractivity contribution in [2.24, 2.45) is 0 Å². The maximum absolute atomic E-state index is 12.5. The number of carboxylic acids is 1. The average Bonchev–Trinajstić information content (AvgIpc) is 2.75. The average molecular weight is 364 g/mol. The lowest BCUT2D eigenvalue weighted by molar-refractivity contribution is 0.0175. The Hall–Kier alpha value is -2.01. The number of aromatic carboxylic acids is 1. The zero-order valence-corrected chi connectivity index (χ0v) is 15.3. The third kappa shape index (κ3) is 3.66. The summed E-state index contributed by atoms with van der Waals surface area (Å²) in [7, 11) is 0. The van der Waals surface area contributed by atoms with Crippen LogP contribution >= 0.6 is 11.6 Å². The second-order valence-electron chi connectivity index (χ2n) is 7.58. The number of hydrogen-bond donors (Lipinski definition) is 1. The largest absolute Gasteiger partial charge is 0.478 e. The Morgan fingerprint density at radius 3 is 2.56 bits per heavy atom. The fourth-order valence-electron chi connectivity index (χ4n) is 3.53. The standard InChI is InChI=1S/C19H22ClNO4/c1-19(2,3)25-18(24)21-13-5-6-14(21)9-12(8-13)11-4-7-15(17(22)23)16(20)10-11/h4,7-8,10,13-14H,5-6,9H2,1-3H3,(H,22,23). The van der Waals surface area contributed by atoms with Gasteiger partial charge in [0.15, 0.2) is 0 Å². The molecular formula is C19H22ClNO4. The van der Waals surface area contributed by atoms with Crippen LogP contribution < -0.4 is 0 Å². The normalized spacial score (nSPS) is 22.6. The highest BCUT2D eigenvalue weighted by Gasteiger charge is 2.41. The third-order valence-corrected chi connectivity index (χ3v) is 4.88. The molecule has 2 atom stereocenters. The molecule has 25 heavy (non-hydrogen) atoms. The molecule has 1 amide bonds.